The number of hydrogen-bond donors (Lipinski definition) is 1. The van der Waals surface area contributed by atoms with Crippen LogP contribution < -0.4 is 4.74 Å². The number of nitrogens with zero attached hydrogens (tertiary/aromatic N) is 4. The fourth-order valence-electron chi connectivity index (χ4n) is 2.70. The van der Waals surface area contributed by atoms with Gasteiger partial charge in [0.2, 0.25) is 0 Å². The minimum absolute atomic E-state index is 0.00330. The number of carboxylic acid groups (broad SMARTS) is 1. The van der Waals surface area contributed by atoms with Gasteiger partial charge in [0.25, 0.3) is 5.95 Å². The second kappa shape index (κ2) is 8.52. The van der Waals surface area contributed by atoms with Crippen molar-refractivity contribution in [3.05, 3.63) is 64.2 Å². The van der Waals surface area contributed by atoms with Crippen LogP contribution in [0.2, 0.25) is 5.02 Å². The first-order valence-corrected chi connectivity index (χ1v) is 8.99. The van der Waals surface area contributed by atoms with Gasteiger partial charge < -0.3 is 9.84 Å². The molecule has 0 amide bonds. The molecule has 1 N–H and O–H groups in total. The van der Waals surface area contributed by atoms with Crippen molar-refractivity contribution in [1.82, 2.24) is 19.7 Å². The number of benzene rings is 1. The lowest BCUT2D eigenvalue weighted by Crippen LogP contribution is -2.13. The molecule has 0 saturated heterocycles. The maximum absolute atomic E-state index is 14.4. The average molecular weight is 423 g/mol. The van der Waals surface area contributed by atoms with Crippen LogP contribution in [0, 0.1) is 24.5 Å². The summed E-state index contributed by atoms with van der Waals surface area (Å²) in [5, 5.41) is 13.6. The third-order valence-electron chi connectivity index (χ3n) is 4.09. The minimum atomic E-state index is -1.04. The van der Waals surface area contributed by atoms with E-state index < -0.39 is 29.3 Å². The Morgan fingerprint density at radius 3 is 2.45 bits per heavy atom. The van der Waals surface area contributed by atoms with E-state index >= 15 is 0 Å². The van der Waals surface area contributed by atoms with Gasteiger partial charge in [0.15, 0.2) is 17.4 Å². The van der Waals surface area contributed by atoms with Gasteiger partial charge >= 0.3 is 5.97 Å². The van der Waals surface area contributed by atoms with Gasteiger partial charge in [-0.25, -0.2) is 18.7 Å². The van der Waals surface area contributed by atoms with Crippen LogP contribution in [0.3, 0.4) is 0 Å². The number of aromatic nitrogens is 4. The van der Waals surface area contributed by atoms with Gasteiger partial charge in [-0.3, -0.25) is 4.79 Å². The Balaban J connectivity index is 1.80. The van der Waals surface area contributed by atoms with Crippen molar-refractivity contribution in [3.63, 3.8) is 0 Å². The highest BCUT2D eigenvalue weighted by Gasteiger charge is 2.18. The largest absolute Gasteiger partial charge is 0.481 e. The van der Waals surface area contributed by atoms with Crippen molar-refractivity contribution in [2.75, 3.05) is 0 Å². The molecule has 0 spiro atoms. The highest BCUT2D eigenvalue weighted by Crippen LogP contribution is 2.26. The summed E-state index contributed by atoms with van der Waals surface area (Å²) in [6.07, 6.45) is 2.81. The quantitative estimate of drug-likeness (QED) is 0.623. The summed E-state index contributed by atoms with van der Waals surface area (Å²) in [7, 11) is 0. The molecule has 3 aromatic rings. The van der Waals surface area contributed by atoms with Gasteiger partial charge in [0.1, 0.15) is 6.61 Å². The van der Waals surface area contributed by atoms with Gasteiger partial charge in [-0.2, -0.15) is 9.78 Å². The van der Waals surface area contributed by atoms with Crippen LogP contribution in [0.15, 0.2) is 30.6 Å². The van der Waals surface area contributed by atoms with Crippen molar-refractivity contribution in [1.29, 1.82) is 0 Å². The predicted molar refractivity (Wildman–Crippen MR) is 100 cm³/mol. The SMILES string of the molecule is Cc1cc(COc2c(F)cc(CC(C)C(=O)O)cc2F)n(-c2ncc(Cl)cn2)n1. The molecule has 0 aliphatic carbocycles. The van der Waals surface area contributed by atoms with Gasteiger partial charge in [0.05, 0.1) is 34.7 Å². The standard InChI is InChI=1S/C19H17ClF2N4O3/c1-10(18(27)28)3-12-5-15(21)17(16(22)6-12)29-9-14-4-11(2)25-26(14)19-23-7-13(20)8-24-19/h4-8,10H,3,9H2,1-2H3,(H,27,28). The van der Waals surface area contributed by atoms with E-state index in [4.69, 9.17) is 21.4 Å². The van der Waals surface area contributed by atoms with Crippen molar-refractivity contribution in [2.45, 2.75) is 26.9 Å². The van der Waals surface area contributed by atoms with Crippen molar-refractivity contribution in [3.8, 4) is 11.7 Å². The molecule has 0 bridgehead atoms. The Morgan fingerprint density at radius 2 is 1.86 bits per heavy atom. The zero-order valence-corrected chi connectivity index (χ0v) is 16.3. The first kappa shape index (κ1) is 20.7. The summed E-state index contributed by atoms with van der Waals surface area (Å²) < 4.78 is 35.5. The molecule has 0 aliphatic rings. The maximum atomic E-state index is 14.4. The van der Waals surface area contributed by atoms with Crippen LogP contribution in [0.1, 0.15) is 23.9 Å². The Hall–Kier alpha value is -3.07. The summed E-state index contributed by atoms with van der Waals surface area (Å²) in [6.45, 7) is 3.02. The number of halogens is 3. The third kappa shape index (κ3) is 4.86. The molecule has 0 fully saturated rings. The zero-order valence-electron chi connectivity index (χ0n) is 15.6. The van der Waals surface area contributed by atoms with E-state index in [1.807, 2.05) is 0 Å². The van der Waals surface area contributed by atoms with Crippen molar-refractivity contribution < 1.29 is 23.4 Å². The average Bonchev–Trinajstić information content (AvgIpc) is 3.02. The van der Waals surface area contributed by atoms with Gasteiger partial charge in [-0.15, -0.1) is 0 Å². The molecule has 0 aliphatic heterocycles. The predicted octanol–water partition coefficient (Wildman–Crippen LogP) is 3.74. The molecular formula is C19H17ClF2N4O3. The summed E-state index contributed by atoms with van der Waals surface area (Å²) >= 11 is 5.79. The number of aliphatic carboxylic acids is 1. The fourth-order valence-corrected chi connectivity index (χ4v) is 2.80. The Kier molecular flexibility index (Phi) is 6.07. The molecule has 29 heavy (non-hydrogen) atoms. The molecule has 1 unspecified atom stereocenters. The maximum Gasteiger partial charge on any atom is 0.306 e. The number of carbonyl (C=O) groups is 1. The second-order valence-corrected chi connectivity index (χ2v) is 6.95. The first-order chi connectivity index (χ1) is 13.7. The monoisotopic (exact) mass is 422 g/mol. The Bertz CT molecular complexity index is 1020. The van der Waals surface area contributed by atoms with Gasteiger partial charge in [-0.05, 0) is 37.1 Å². The normalized spacial score (nSPS) is 12.0. The van der Waals surface area contributed by atoms with E-state index in [2.05, 4.69) is 15.1 Å². The summed E-state index contributed by atoms with van der Waals surface area (Å²) in [6, 6.07) is 3.82. The Morgan fingerprint density at radius 1 is 1.24 bits per heavy atom. The lowest BCUT2D eigenvalue weighted by Gasteiger charge is -2.12. The molecule has 0 saturated carbocycles. The van der Waals surface area contributed by atoms with Gasteiger partial charge in [0, 0.05) is 0 Å². The summed E-state index contributed by atoms with van der Waals surface area (Å²) in [4.78, 5) is 19.1. The molecule has 7 nitrogen and oxygen atoms in total. The third-order valence-corrected chi connectivity index (χ3v) is 4.28. The van der Waals surface area contributed by atoms with E-state index in [0.29, 0.717) is 16.4 Å². The number of hydrogen-bond acceptors (Lipinski definition) is 5. The van der Waals surface area contributed by atoms with E-state index in [1.165, 1.54) is 24.0 Å². The number of rotatable bonds is 7. The highest BCUT2D eigenvalue weighted by atomic mass is 35.5. The van der Waals surface area contributed by atoms with Crippen LogP contribution in [0.25, 0.3) is 5.95 Å². The molecule has 1 atom stereocenters. The topological polar surface area (TPSA) is 90.1 Å². The molecule has 3 rings (SSSR count). The molecule has 2 aromatic heterocycles. The van der Waals surface area contributed by atoms with Crippen LogP contribution in [-0.2, 0) is 17.8 Å². The first-order valence-electron chi connectivity index (χ1n) is 8.61. The molecule has 152 valence electrons. The van der Waals surface area contributed by atoms with E-state index in [1.54, 1.807) is 13.0 Å². The van der Waals surface area contributed by atoms with Crippen LogP contribution in [0.4, 0.5) is 8.78 Å². The lowest BCUT2D eigenvalue weighted by atomic mass is 10.0. The van der Waals surface area contributed by atoms with E-state index in [0.717, 1.165) is 12.1 Å². The van der Waals surface area contributed by atoms with Crippen molar-refractivity contribution >= 4 is 17.6 Å². The fraction of sp³-hybridized carbons (Fsp3) is 0.263. The van der Waals surface area contributed by atoms with Crippen molar-refractivity contribution in [2.24, 2.45) is 5.92 Å². The summed E-state index contributed by atoms with van der Waals surface area (Å²) in [5.41, 5.74) is 1.35. The molecule has 10 heteroatoms. The molecule has 0 radical (unpaired) electrons. The highest BCUT2D eigenvalue weighted by molar-refractivity contribution is 6.30. The van der Waals surface area contributed by atoms with Crippen LogP contribution in [-0.4, -0.2) is 30.8 Å². The smallest absolute Gasteiger partial charge is 0.306 e. The Labute approximate surface area is 169 Å². The molecule has 2 heterocycles. The van der Waals surface area contributed by atoms with E-state index in [9.17, 15) is 13.6 Å². The molecular weight excluding hydrogens is 406 g/mol. The molecule has 1 aromatic carbocycles. The van der Waals surface area contributed by atoms with Crippen LogP contribution in [0.5, 0.6) is 5.75 Å². The number of aryl methyl sites for hydroxylation is 1. The second-order valence-electron chi connectivity index (χ2n) is 6.51. The van der Waals surface area contributed by atoms with Gasteiger partial charge in [-0.1, -0.05) is 18.5 Å². The van der Waals surface area contributed by atoms with E-state index in [-0.39, 0.29) is 24.5 Å². The number of carboxylic acids is 1. The van der Waals surface area contributed by atoms with Crippen LogP contribution >= 0.6 is 11.6 Å². The lowest BCUT2D eigenvalue weighted by molar-refractivity contribution is -0.141. The number of ether oxygens (including phenoxy) is 1. The summed E-state index contributed by atoms with van der Waals surface area (Å²) in [5.74, 6) is -3.96. The zero-order chi connectivity index (χ0) is 21.1. The minimum Gasteiger partial charge on any atom is -0.481 e.